The summed E-state index contributed by atoms with van der Waals surface area (Å²) in [6.45, 7) is 6.60. The highest BCUT2D eigenvalue weighted by Crippen LogP contribution is 2.28. The topological polar surface area (TPSA) is 73.8 Å². The van der Waals surface area contributed by atoms with Crippen LogP contribution >= 0.6 is 0 Å². The normalized spacial score (nSPS) is 20.4. The molecule has 3 heterocycles. The molecule has 0 bridgehead atoms. The number of aromatic amines is 1. The predicted molar refractivity (Wildman–Crippen MR) is 106 cm³/mol. The first-order chi connectivity index (χ1) is 13.2. The van der Waals surface area contributed by atoms with Gasteiger partial charge < -0.3 is 9.74 Å². The number of aromatic nitrogens is 2. The van der Waals surface area contributed by atoms with Gasteiger partial charge in [0.25, 0.3) is 5.56 Å². The van der Waals surface area contributed by atoms with Crippen molar-refractivity contribution in [3.8, 4) is 11.3 Å². The number of hydrogen-bond donors (Lipinski definition) is 1. The summed E-state index contributed by atoms with van der Waals surface area (Å²) >= 11 is 0. The summed E-state index contributed by atoms with van der Waals surface area (Å²) in [5.41, 5.74) is 3.72. The van der Waals surface area contributed by atoms with Crippen LogP contribution in [0.1, 0.15) is 19.8 Å². The van der Waals surface area contributed by atoms with Crippen LogP contribution in [0.25, 0.3) is 11.3 Å². The zero-order valence-electron chi connectivity index (χ0n) is 15.6. The maximum atomic E-state index is 11.9. The Morgan fingerprint density at radius 3 is 2.67 bits per heavy atom. The summed E-state index contributed by atoms with van der Waals surface area (Å²) in [5, 5.41) is 11.0. The molecule has 2 aromatic rings. The van der Waals surface area contributed by atoms with Crippen molar-refractivity contribution in [1.82, 2.24) is 15.1 Å². The van der Waals surface area contributed by atoms with Gasteiger partial charge >= 0.3 is 0 Å². The molecular weight excluding hydrogens is 342 g/mol. The molecule has 1 saturated heterocycles. The molecule has 2 aliphatic rings. The number of piperazine rings is 1. The predicted octanol–water partition coefficient (Wildman–Crippen LogP) is 2.11. The molecule has 0 aliphatic carbocycles. The van der Waals surface area contributed by atoms with E-state index >= 15 is 0 Å². The molecule has 7 nitrogen and oxygen atoms in total. The van der Waals surface area contributed by atoms with Crippen molar-refractivity contribution in [2.45, 2.75) is 25.9 Å². The lowest BCUT2D eigenvalue weighted by Crippen LogP contribution is -2.49. The van der Waals surface area contributed by atoms with E-state index in [0.29, 0.717) is 0 Å². The van der Waals surface area contributed by atoms with Crippen molar-refractivity contribution in [3.63, 3.8) is 0 Å². The molecule has 1 aromatic heterocycles. The third kappa shape index (κ3) is 4.03. The second-order valence-electron chi connectivity index (χ2n) is 7.06. The van der Waals surface area contributed by atoms with Crippen molar-refractivity contribution in [2.24, 2.45) is 5.16 Å². The number of benzene rings is 1. The average molecular weight is 367 g/mol. The van der Waals surface area contributed by atoms with Crippen molar-refractivity contribution >= 4 is 11.4 Å². The molecule has 0 amide bonds. The summed E-state index contributed by atoms with van der Waals surface area (Å²) in [7, 11) is 0. The minimum atomic E-state index is -0.171. The second kappa shape index (κ2) is 7.92. The Hall–Kier alpha value is -2.67. The van der Waals surface area contributed by atoms with Crippen molar-refractivity contribution in [2.75, 3.05) is 37.6 Å². The number of H-pyrrole nitrogens is 1. The first-order valence-corrected chi connectivity index (χ1v) is 9.57. The monoisotopic (exact) mass is 367 g/mol. The van der Waals surface area contributed by atoms with Crippen molar-refractivity contribution in [3.05, 3.63) is 46.8 Å². The molecule has 0 saturated carbocycles. The lowest BCUT2D eigenvalue weighted by molar-refractivity contribution is 0.0510. The third-order valence-electron chi connectivity index (χ3n) is 5.21. The minimum absolute atomic E-state index is 0.171. The van der Waals surface area contributed by atoms with Crippen LogP contribution in [0.3, 0.4) is 0 Å². The van der Waals surface area contributed by atoms with Gasteiger partial charge in [0.15, 0.2) is 0 Å². The van der Waals surface area contributed by atoms with E-state index in [1.807, 2.05) is 30.3 Å². The molecule has 0 spiro atoms. The SMILES string of the molecule is CCC1=NOC(CN2CCN(c3cc(=O)[nH]nc3-c3ccccc3)CC2)C1. The molecule has 4 rings (SSSR count). The molecule has 0 radical (unpaired) electrons. The Balaban J connectivity index is 1.43. The standard InChI is InChI=1S/C20H25N5O2/c1-2-16-12-17(27-23-16)14-24-8-10-25(11-9-24)18-13-19(26)21-22-20(18)15-6-4-3-5-7-15/h3-7,13,17H,2,8-12,14H2,1H3,(H,21,26). The van der Waals surface area contributed by atoms with E-state index in [1.165, 1.54) is 0 Å². The fourth-order valence-corrected chi connectivity index (χ4v) is 3.70. The summed E-state index contributed by atoms with van der Waals surface area (Å²) in [5.74, 6) is 0. The maximum Gasteiger partial charge on any atom is 0.266 e. The Bertz CT molecular complexity index is 856. The van der Waals surface area contributed by atoms with Gasteiger partial charge in [0.1, 0.15) is 11.8 Å². The van der Waals surface area contributed by atoms with Crippen LogP contribution in [-0.2, 0) is 4.84 Å². The molecule has 142 valence electrons. The van der Waals surface area contributed by atoms with Crippen molar-refractivity contribution < 1.29 is 4.84 Å². The van der Waals surface area contributed by atoms with E-state index in [1.54, 1.807) is 6.07 Å². The van der Waals surface area contributed by atoms with Gasteiger partial charge in [-0.3, -0.25) is 9.69 Å². The lowest BCUT2D eigenvalue weighted by Gasteiger charge is -2.37. The number of hydrogen-bond acceptors (Lipinski definition) is 6. The highest BCUT2D eigenvalue weighted by Gasteiger charge is 2.26. The van der Waals surface area contributed by atoms with Crippen molar-refractivity contribution in [1.29, 1.82) is 0 Å². The van der Waals surface area contributed by atoms with Crippen LogP contribution in [0, 0.1) is 0 Å². The first-order valence-electron chi connectivity index (χ1n) is 9.57. The van der Waals surface area contributed by atoms with Gasteiger partial charge in [-0.1, -0.05) is 42.4 Å². The molecule has 27 heavy (non-hydrogen) atoms. The smallest absolute Gasteiger partial charge is 0.266 e. The molecule has 1 aromatic carbocycles. The number of nitrogens with zero attached hydrogens (tertiary/aromatic N) is 4. The summed E-state index contributed by atoms with van der Waals surface area (Å²) < 4.78 is 0. The van der Waals surface area contributed by atoms with Crippen LogP contribution in [-0.4, -0.2) is 59.6 Å². The highest BCUT2D eigenvalue weighted by atomic mass is 16.6. The van der Waals surface area contributed by atoms with Crippen LogP contribution in [0.15, 0.2) is 46.3 Å². The quantitative estimate of drug-likeness (QED) is 0.876. The van der Waals surface area contributed by atoms with E-state index in [2.05, 4.69) is 32.1 Å². The van der Waals surface area contributed by atoms with Crippen LogP contribution < -0.4 is 10.5 Å². The summed E-state index contributed by atoms with van der Waals surface area (Å²) in [4.78, 5) is 22.1. The Morgan fingerprint density at radius 2 is 1.96 bits per heavy atom. The van der Waals surface area contributed by atoms with Crippen LogP contribution in [0.4, 0.5) is 5.69 Å². The summed E-state index contributed by atoms with van der Waals surface area (Å²) in [6, 6.07) is 11.6. The second-order valence-corrected chi connectivity index (χ2v) is 7.06. The van der Waals surface area contributed by atoms with Gasteiger partial charge in [-0.2, -0.15) is 5.10 Å². The molecule has 1 fully saturated rings. The molecule has 7 heteroatoms. The van der Waals surface area contributed by atoms with Gasteiger partial charge in [0, 0.05) is 50.8 Å². The van der Waals surface area contributed by atoms with Crippen LogP contribution in [0.5, 0.6) is 0 Å². The number of anilines is 1. The molecule has 1 atom stereocenters. The number of oxime groups is 1. The maximum absolute atomic E-state index is 11.9. The van der Waals surface area contributed by atoms with Gasteiger partial charge in [0.05, 0.1) is 11.4 Å². The highest BCUT2D eigenvalue weighted by molar-refractivity contribution is 5.85. The molecular formula is C20H25N5O2. The first kappa shape index (κ1) is 17.7. The van der Waals surface area contributed by atoms with Gasteiger partial charge in [0.2, 0.25) is 0 Å². The van der Waals surface area contributed by atoms with Gasteiger partial charge in [-0.05, 0) is 6.42 Å². The lowest BCUT2D eigenvalue weighted by atomic mass is 10.1. The van der Waals surface area contributed by atoms with Gasteiger partial charge in [-0.15, -0.1) is 0 Å². The number of rotatable bonds is 5. The summed E-state index contributed by atoms with van der Waals surface area (Å²) in [6.07, 6.45) is 2.07. The van der Waals surface area contributed by atoms with E-state index in [-0.39, 0.29) is 11.7 Å². The van der Waals surface area contributed by atoms with Crippen LogP contribution in [0.2, 0.25) is 0 Å². The molecule has 1 N–H and O–H groups in total. The fourth-order valence-electron chi connectivity index (χ4n) is 3.70. The van der Waals surface area contributed by atoms with E-state index in [0.717, 1.165) is 68.2 Å². The zero-order chi connectivity index (χ0) is 18.6. The fraction of sp³-hybridized carbons (Fsp3) is 0.450. The largest absolute Gasteiger partial charge is 0.391 e. The number of nitrogens with one attached hydrogen (secondary N) is 1. The van der Waals surface area contributed by atoms with E-state index < -0.39 is 0 Å². The van der Waals surface area contributed by atoms with E-state index in [4.69, 9.17) is 4.84 Å². The zero-order valence-corrected chi connectivity index (χ0v) is 15.6. The Labute approximate surface area is 158 Å². The Morgan fingerprint density at radius 1 is 1.19 bits per heavy atom. The third-order valence-corrected chi connectivity index (χ3v) is 5.21. The minimum Gasteiger partial charge on any atom is -0.391 e. The van der Waals surface area contributed by atoms with E-state index in [9.17, 15) is 4.79 Å². The molecule has 2 aliphatic heterocycles. The molecule has 1 unspecified atom stereocenters. The average Bonchev–Trinajstić information content (AvgIpc) is 3.17. The Kier molecular flexibility index (Phi) is 5.20. The van der Waals surface area contributed by atoms with Gasteiger partial charge in [-0.25, -0.2) is 5.10 Å².